The molecule has 1 amide bonds. The number of terminal acetylenes is 1. The Morgan fingerprint density at radius 1 is 1.30 bits per heavy atom. The van der Waals surface area contributed by atoms with Gasteiger partial charge in [0.1, 0.15) is 11.6 Å². The number of carbonyl (C=O) groups excluding carboxylic acids is 1. The first-order chi connectivity index (χ1) is 9.53. The minimum absolute atomic E-state index is 0.119. The highest BCUT2D eigenvalue weighted by Gasteiger charge is 2.23. The summed E-state index contributed by atoms with van der Waals surface area (Å²) in [6.07, 6.45) is 6.99. The summed E-state index contributed by atoms with van der Waals surface area (Å²) in [4.78, 5) is 13.5. The van der Waals surface area contributed by atoms with Gasteiger partial charge in [0, 0.05) is 12.5 Å². The highest BCUT2D eigenvalue weighted by atomic mass is 19.1. The SMILES string of the molecule is C#CCN(C(=O)CC)[C@@H](CCC)c1cc(F)cc(F)c1. The molecule has 2 nitrogen and oxygen atoms in total. The third-order valence-corrected chi connectivity index (χ3v) is 3.09. The Labute approximate surface area is 118 Å². The molecule has 0 fully saturated rings. The van der Waals surface area contributed by atoms with Gasteiger partial charge in [-0.1, -0.05) is 26.2 Å². The van der Waals surface area contributed by atoms with E-state index in [9.17, 15) is 13.6 Å². The van der Waals surface area contributed by atoms with Crippen LogP contribution < -0.4 is 0 Å². The molecule has 108 valence electrons. The summed E-state index contributed by atoms with van der Waals surface area (Å²) in [7, 11) is 0. The number of benzene rings is 1. The van der Waals surface area contributed by atoms with Crippen molar-refractivity contribution < 1.29 is 13.6 Å². The second-order valence-electron chi connectivity index (χ2n) is 4.59. The highest BCUT2D eigenvalue weighted by molar-refractivity contribution is 5.76. The lowest BCUT2D eigenvalue weighted by Crippen LogP contribution is -2.35. The molecule has 0 saturated heterocycles. The quantitative estimate of drug-likeness (QED) is 0.727. The van der Waals surface area contributed by atoms with Gasteiger partial charge in [-0.05, 0) is 24.1 Å². The molecule has 0 radical (unpaired) electrons. The zero-order valence-corrected chi connectivity index (χ0v) is 11.8. The molecule has 1 atom stereocenters. The summed E-state index contributed by atoms with van der Waals surface area (Å²) in [6.45, 7) is 3.82. The van der Waals surface area contributed by atoms with Crippen molar-refractivity contribution >= 4 is 5.91 Å². The molecule has 1 aromatic rings. The first-order valence-electron chi connectivity index (χ1n) is 6.72. The Bertz CT molecular complexity index is 487. The minimum Gasteiger partial charge on any atom is -0.325 e. The Morgan fingerprint density at radius 3 is 2.35 bits per heavy atom. The van der Waals surface area contributed by atoms with Crippen molar-refractivity contribution in [3.05, 3.63) is 35.4 Å². The van der Waals surface area contributed by atoms with E-state index in [1.165, 1.54) is 17.0 Å². The maximum Gasteiger partial charge on any atom is 0.223 e. The number of nitrogens with zero attached hydrogens (tertiary/aromatic N) is 1. The van der Waals surface area contributed by atoms with Crippen molar-refractivity contribution in [2.24, 2.45) is 0 Å². The van der Waals surface area contributed by atoms with Crippen LogP contribution in [0.4, 0.5) is 8.78 Å². The van der Waals surface area contributed by atoms with E-state index in [1.54, 1.807) is 6.92 Å². The van der Waals surface area contributed by atoms with Gasteiger partial charge < -0.3 is 4.90 Å². The third-order valence-electron chi connectivity index (χ3n) is 3.09. The largest absolute Gasteiger partial charge is 0.325 e. The number of amides is 1. The van der Waals surface area contributed by atoms with Crippen LogP contribution in [-0.2, 0) is 4.79 Å². The molecule has 0 aromatic heterocycles. The lowest BCUT2D eigenvalue weighted by Gasteiger charge is -2.30. The lowest BCUT2D eigenvalue weighted by molar-refractivity contribution is -0.132. The van der Waals surface area contributed by atoms with E-state index < -0.39 is 17.7 Å². The van der Waals surface area contributed by atoms with Crippen LogP contribution in [0.2, 0.25) is 0 Å². The average molecular weight is 279 g/mol. The maximum absolute atomic E-state index is 13.4. The Balaban J connectivity index is 3.19. The van der Waals surface area contributed by atoms with Crippen LogP contribution in [0.3, 0.4) is 0 Å². The smallest absolute Gasteiger partial charge is 0.223 e. The predicted molar refractivity (Wildman–Crippen MR) is 74.8 cm³/mol. The van der Waals surface area contributed by atoms with Crippen LogP contribution in [0.1, 0.15) is 44.7 Å². The minimum atomic E-state index is -0.647. The van der Waals surface area contributed by atoms with Gasteiger partial charge >= 0.3 is 0 Å². The molecule has 0 aliphatic rings. The zero-order valence-electron chi connectivity index (χ0n) is 11.8. The Morgan fingerprint density at radius 2 is 1.90 bits per heavy atom. The van der Waals surface area contributed by atoms with Crippen LogP contribution in [-0.4, -0.2) is 17.4 Å². The first-order valence-corrected chi connectivity index (χ1v) is 6.72. The fraction of sp³-hybridized carbons (Fsp3) is 0.438. The second-order valence-corrected chi connectivity index (χ2v) is 4.59. The van der Waals surface area contributed by atoms with E-state index in [0.29, 0.717) is 18.4 Å². The molecule has 0 heterocycles. The van der Waals surface area contributed by atoms with E-state index in [4.69, 9.17) is 6.42 Å². The third kappa shape index (κ3) is 4.06. The van der Waals surface area contributed by atoms with Crippen LogP contribution in [0.5, 0.6) is 0 Å². The molecule has 0 unspecified atom stereocenters. The molecule has 20 heavy (non-hydrogen) atoms. The van der Waals surface area contributed by atoms with E-state index in [-0.39, 0.29) is 12.5 Å². The fourth-order valence-corrected chi connectivity index (χ4v) is 2.22. The predicted octanol–water partition coefficient (Wildman–Crippen LogP) is 3.68. The van der Waals surface area contributed by atoms with Gasteiger partial charge in [0.05, 0.1) is 12.6 Å². The molecule has 0 bridgehead atoms. The number of rotatable bonds is 6. The molecule has 0 aliphatic heterocycles. The molecular formula is C16H19F2NO. The molecule has 1 rings (SSSR count). The fourth-order valence-electron chi connectivity index (χ4n) is 2.22. The second kappa shape index (κ2) is 7.64. The van der Waals surface area contributed by atoms with Gasteiger partial charge in [0.25, 0.3) is 0 Å². The lowest BCUT2D eigenvalue weighted by atomic mass is 9.99. The first kappa shape index (κ1) is 16.2. The van der Waals surface area contributed by atoms with E-state index in [0.717, 1.165) is 12.5 Å². The van der Waals surface area contributed by atoms with Crippen LogP contribution >= 0.6 is 0 Å². The highest BCUT2D eigenvalue weighted by Crippen LogP contribution is 2.27. The number of hydrogen-bond acceptors (Lipinski definition) is 1. The van der Waals surface area contributed by atoms with Crippen molar-refractivity contribution in [2.75, 3.05) is 6.54 Å². The van der Waals surface area contributed by atoms with Crippen molar-refractivity contribution in [1.29, 1.82) is 0 Å². The standard InChI is InChI=1S/C16H19F2NO/c1-4-7-15(19(8-5-2)16(20)6-3)12-9-13(17)11-14(18)10-12/h2,9-11,15H,4,6-8H2,1,3H3/t15-/m0/s1. The molecule has 0 N–H and O–H groups in total. The molecule has 1 aromatic carbocycles. The van der Waals surface area contributed by atoms with Crippen LogP contribution in [0.25, 0.3) is 0 Å². The zero-order chi connectivity index (χ0) is 15.1. The normalized spacial score (nSPS) is 11.8. The summed E-state index contributed by atoms with van der Waals surface area (Å²) in [5.41, 5.74) is 0.446. The summed E-state index contributed by atoms with van der Waals surface area (Å²) in [6, 6.07) is 2.94. The molecule has 0 spiro atoms. The molecule has 0 saturated carbocycles. The molecular weight excluding hydrogens is 260 g/mol. The summed E-state index contributed by atoms with van der Waals surface area (Å²) >= 11 is 0. The number of halogens is 2. The Kier molecular flexibility index (Phi) is 6.17. The average Bonchev–Trinajstić information content (AvgIpc) is 2.40. The van der Waals surface area contributed by atoms with E-state index in [2.05, 4.69) is 5.92 Å². The van der Waals surface area contributed by atoms with Crippen molar-refractivity contribution in [1.82, 2.24) is 4.90 Å². The van der Waals surface area contributed by atoms with Gasteiger partial charge in [-0.25, -0.2) is 8.78 Å². The molecule has 0 aliphatic carbocycles. The van der Waals surface area contributed by atoms with Gasteiger partial charge in [0.15, 0.2) is 0 Å². The topological polar surface area (TPSA) is 20.3 Å². The van der Waals surface area contributed by atoms with E-state index >= 15 is 0 Å². The monoisotopic (exact) mass is 279 g/mol. The van der Waals surface area contributed by atoms with Crippen molar-refractivity contribution in [2.45, 2.75) is 39.2 Å². The van der Waals surface area contributed by atoms with Crippen molar-refractivity contribution in [3.63, 3.8) is 0 Å². The summed E-state index contributed by atoms with van der Waals surface area (Å²) in [5, 5.41) is 0. The maximum atomic E-state index is 13.4. The van der Waals surface area contributed by atoms with Crippen LogP contribution in [0.15, 0.2) is 18.2 Å². The van der Waals surface area contributed by atoms with Crippen LogP contribution in [0, 0.1) is 24.0 Å². The van der Waals surface area contributed by atoms with Gasteiger partial charge in [-0.15, -0.1) is 6.42 Å². The summed E-state index contributed by atoms with van der Waals surface area (Å²) < 4.78 is 26.8. The van der Waals surface area contributed by atoms with Gasteiger partial charge in [-0.3, -0.25) is 4.79 Å². The van der Waals surface area contributed by atoms with Gasteiger partial charge in [0.2, 0.25) is 5.91 Å². The number of carbonyl (C=O) groups is 1. The molecule has 4 heteroatoms. The Hall–Kier alpha value is -1.89. The summed E-state index contributed by atoms with van der Waals surface area (Å²) in [5.74, 6) is 1.02. The number of hydrogen-bond donors (Lipinski definition) is 0. The van der Waals surface area contributed by atoms with E-state index in [1.807, 2.05) is 6.92 Å². The van der Waals surface area contributed by atoms with Crippen molar-refractivity contribution in [3.8, 4) is 12.3 Å². The van der Waals surface area contributed by atoms with Gasteiger partial charge in [-0.2, -0.15) is 0 Å².